The third kappa shape index (κ3) is 3.49. The molecule has 1 amide bonds. The number of amides is 1. The number of hydrogen-bond acceptors (Lipinski definition) is 2. The predicted molar refractivity (Wildman–Crippen MR) is 65.4 cm³/mol. The largest absolute Gasteiger partial charge is 0.478 e. The van der Waals surface area contributed by atoms with Gasteiger partial charge in [-0.15, -0.1) is 0 Å². The van der Waals surface area contributed by atoms with Crippen molar-refractivity contribution in [1.29, 1.82) is 0 Å². The first-order valence-electron chi connectivity index (χ1n) is 5.69. The fraction of sp³-hybridized carbons (Fsp3) is 0.385. The number of aryl methyl sites for hydroxylation is 2. The van der Waals surface area contributed by atoms with E-state index in [4.69, 9.17) is 5.11 Å². The minimum atomic E-state index is -4.92. The van der Waals surface area contributed by atoms with E-state index < -0.39 is 18.1 Å². The van der Waals surface area contributed by atoms with Crippen molar-refractivity contribution >= 4 is 11.9 Å². The summed E-state index contributed by atoms with van der Waals surface area (Å²) in [5, 5.41) is 8.89. The Morgan fingerprint density at radius 2 is 1.65 bits per heavy atom. The van der Waals surface area contributed by atoms with E-state index in [1.54, 1.807) is 13.8 Å². The first-order chi connectivity index (χ1) is 9.04. The summed E-state index contributed by atoms with van der Waals surface area (Å²) in [5.41, 5.74) is 1.64. The van der Waals surface area contributed by atoms with Gasteiger partial charge in [0, 0.05) is 13.6 Å². The van der Waals surface area contributed by atoms with Crippen LogP contribution in [0.1, 0.15) is 27.0 Å². The maximum absolute atomic E-state index is 12.3. The van der Waals surface area contributed by atoms with Crippen molar-refractivity contribution < 1.29 is 27.9 Å². The van der Waals surface area contributed by atoms with Gasteiger partial charge in [-0.05, 0) is 42.7 Å². The van der Waals surface area contributed by atoms with Crippen LogP contribution in [-0.4, -0.2) is 35.1 Å². The molecule has 0 aromatic heterocycles. The molecule has 0 aliphatic heterocycles. The van der Waals surface area contributed by atoms with Gasteiger partial charge in [0.25, 0.3) is 0 Å². The van der Waals surface area contributed by atoms with Crippen LogP contribution < -0.4 is 0 Å². The monoisotopic (exact) mass is 289 g/mol. The van der Waals surface area contributed by atoms with Gasteiger partial charge in [0.2, 0.25) is 0 Å². The number of carboxylic acid groups (broad SMARTS) is 1. The van der Waals surface area contributed by atoms with Crippen LogP contribution in [0, 0.1) is 13.8 Å². The molecule has 4 nitrogen and oxygen atoms in total. The van der Waals surface area contributed by atoms with Crippen molar-refractivity contribution in [2.24, 2.45) is 0 Å². The van der Waals surface area contributed by atoms with E-state index >= 15 is 0 Å². The second kappa shape index (κ2) is 5.52. The Balaban J connectivity index is 3.05. The first-order valence-corrected chi connectivity index (χ1v) is 5.69. The number of aromatic carboxylic acids is 1. The zero-order chi connectivity index (χ0) is 15.7. The van der Waals surface area contributed by atoms with E-state index in [0.29, 0.717) is 21.6 Å². The molecule has 0 bridgehead atoms. The van der Waals surface area contributed by atoms with Crippen molar-refractivity contribution in [2.75, 3.05) is 7.05 Å². The topological polar surface area (TPSA) is 57.6 Å². The van der Waals surface area contributed by atoms with Crippen LogP contribution >= 0.6 is 0 Å². The molecule has 1 aromatic carbocycles. The molecule has 0 radical (unpaired) electrons. The molecule has 0 atom stereocenters. The van der Waals surface area contributed by atoms with Gasteiger partial charge in [-0.25, -0.2) is 4.79 Å². The second-order valence-electron chi connectivity index (χ2n) is 4.55. The van der Waals surface area contributed by atoms with Gasteiger partial charge < -0.3 is 10.0 Å². The van der Waals surface area contributed by atoms with Crippen LogP contribution in [0.5, 0.6) is 0 Å². The average molecular weight is 289 g/mol. The summed E-state index contributed by atoms with van der Waals surface area (Å²) in [6.45, 7) is 2.97. The van der Waals surface area contributed by atoms with E-state index in [1.807, 2.05) is 0 Å². The highest BCUT2D eigenvalue weighted by molar-refractivity contribution is 5.88. The minimum Gasteiger partial charge on any atom is -0.478 e. The third-order valence-corrected chi connectivity index (χ3v) is 2.93. The van der Waals surface area contributed by atoms with E-state index in [9.17, 15) is 22.8 Å². The predicted octanol–water partition coefficient (Wildman–Crippen LogP) is 2.52. The van der Waals surface area contributed by atoms with Crippen LogP contribution in [0.25, 0.3) is 0 Å². The number of alkyl halides is 3. The highest BCUT2D eigenvalue weighted by Crippen LogP contribution is 2.22. The number of benzene rings is 1. The standard InChI is InChI=1S/C13H14F3NO3/c1-7-4-9(11(18)19)5-8(2)10(7)6-17(3)12(20)13(14,15)16/h4-5H,6H2,1-3H3,(H,18,19). The number of rotatable bonds is 3. The lowest BCUT2D eigenvalue weighted by Crippen LogP contribution is -2.38. The smallest absolute Gasteiger partial charge is 0.471 e. The molecular formula is C13H14F3NO3. The second-order valence-corrected chi connectivity index (χ2v) is 4.55. The van der Waals surface area contributed by atoms with Crippen molar-refractivity contribution in [3.8, 4) is 0 Å². The van der Waals surface area contributed by atoms with Gasteiger partial charge in [-0.3, -0.25) is 4.79 Å². The first kappa shape index (κ1) is 16.0. The molecule has 0 saturated carbocycles. The maximum Gasteiger partial charge on any atom is 0.471 e. The molecule has 7 heteroatoms. The normalized spacial score (nSPS) is 11.3. The van der Waals surface area contributed by atoms with Crippen LogP contribution in [0.15, 0.2) is 12.1 Å². The van der Waals surface area contributed by atoms with Crippen molar-refractivity contribution in [1.82, 2.24) is 4.90 Å². The van der Waals surface area contributed by atoms with E-state index in [1.165, 1.54) is 12.1 Å². The molecule has 0 spiro atoms. The van der Waals surface area contributed by atoms with Gasteiger partial charge >= 0.3 is 18.1 Å². The fourth-order valence-electron chi connectivity index (χ4n) is 1.89. The molecule has 0 aliphatic rings. The molecule has 1 rings (SSSR count). The maximum atomic E-state index is 12.3. The van der Waals surface area contributed by atoms with Gasteiger partial charge in [0.15, 0.2) is 0 Å². The van der Waals surface area contributed by atoms with Crippen molar-refractivity contribution in [3.63, 3.8) is 0 Å². The third-order valence-electron chi connectivity index (χ3n) is 2.93. The molecule has 0 unspecified atom stereocenters. The summed E-state index contributed by atoms with van der Waals surface area (Å²) in [7, 11) is 1.06. The molecule has 0 saturated heterocycles. The van der Waals surface area contributed by atoms with Crippen molar-refractivity contribution in [3.05, 3.63) is 34.4 Å². The molecule has 0 heterocycles. The summed E-state index contributed by atoms with van der Waals surface area (Å²) in [6.07, 6.45) is -4.92. The van der Waals surface area contributed by atoms with Crippen LogP contribution in [0.4, 0.5) is 13.2 Å². The Hall–Kier alpha value is -2.05. The molecule has 1 N–H and O–H groups in total. The molecule has 0 fully saturated rings. The Kier molecular flexibility index (Phi) is 4.42. The number of carbonyl (C=O) groups excluding carboxylic acids is 1. The Bertz CT molecular complexity index is 529. The number of carbonyl (C=O) groups is 2. The zero-order valence-corrected chi connectivity index (χ0v) is 11.2. The Labute approximate surface area is 113 Å². The Morgan fingerprint density at radius 3 is 2.00 bits per heavy atom. The van der Waals surface area contributed by atoms with Crippen LogP contribution in [-0.2, 0) is 11.3 Å². The number of carboxylic acids is 1. The van der Waals surface area contributed by atoms with E-state index in [0.717, 1.165) is 7.05 Å². The molecule has 1 aromatic rings. The minimum absolute atomic E-state index is 0.0635. The summed E-state index contributed by atoms with van der Waals surface area (Å²) in [5.74, 6) is -3.04. The summed E-state index contributed by atoms with van der Waals surface area (Å²) >= 11 is 0. The molecule has 20 heavy (non-hydrogen) atoms. The number of hydrogen-bond donors (Lipinski definition) is 1. The average Bonchev–Trinajstić information content (AvgIpc) is 2.30. The summed E-state index contributed by atoms with van der Waals surface area (Å²) in [6, 6.07) is 2.74. The molecular weight excluding hydrogens is 275 g/mol. The lowest BCUT2D eigenvalue weighted by molar-refractivity contribution is -0.184. The molecule has 0 aliphatic carbocycles. The van der Waals surface area contributed by atoms with Gasteiger partial charge in [0.1, 0.15) is 0 Å². The summed E-state index contributed by atoms with van der Waals surface area (Å²) in [4.78, 5) is 22.5. The van der Waals surface area contributed by atoms with Gasteiger partial charge in [-0.1, -0.05) is 0 Å². The van der Waals surface area contributed by atoms with Gasteiger partial charge in [0.05, 0.1) is 5.56 Å². The van der Waals surface area contributed by atoms with E-state index in [2.05, 4.69) is 0 Å². The number of nitrogens with zero attached hydrogens (tertiary/aromatic N) is 1. The van der Waals surface area contributed by atoms with Crippen LogP contribution in [0.3, 0.4) is 0 Å². The highest BCUT2D eigenvalue weighted by Gasteiger charge is 2.41. The lowest BCUT2D eigenvalue weighted by Gasteiger charge is -2.21. The SMILES string of the molecule is Cc1cc(C(=O)O)cc(C)c1CN(C)C(=O)C(F)(F)F. The van der Waals surface area contributed by atoms with Gasteiger partial charge in [-0.2, -0.15) is 13.2 Å². The van der Waals surface area contributed by atoms with Crippen LogP contribution in [0.2, 0.25) is 0 Å². The molecule has 110 valence electrons. The van der Waals surface area contributed by atoms with E-state index in [-0.39, 0.29) is 12.1 Å². The number of halogens is 3. The van der Waals surface area contributed by atoms with Crippen molar-refractivity contribution in [2.45, 2.75) is 26.6 Å². The lowest BCUT2D eigenvalue weighted by atomic mass is 9.99. The zero-order valence-electron chi connectivity index (χ0n) is 11.2. The highest BCUT2D eigenvalue weighted by atomic mass is 19.4. The Morgan fingerprint density at radius 1 is 1.20 bits per heavy atom. The summed E-state index contributed by atoms with van der Waals surface area (Å²) < 4.78 is 36.9. The quantitative estimate of drug-likeness (QED) is 0.930. The fourth-order valence-corrected chi connectivity index (χ4v) is 1.89.